The Labute approximate surface area is 134 Å². The van der Waals surface area contributed by atoms with Gasteiger partial charge in [0.25, 0.3) is 0 Å². The lowest BCUT2D eigenvalue weighted by molar-refractivity contribution is 0.0687. The first kappa shape index (κ1) is 13.9. The van der Waals surface area contributed by atoms with Gasteiger partial charge in [-0.2, -0.15) is 0 Å². The number of rotatable bonds is 4. The van der Waals surface area contributed by atoms with Gasteiger partial charge in [-0.05, 0) is 24.3 Å². The van der Waals surface area contributed by atoms with Gasteiger partial charge in [-0.25, -0.2) is 4.79 Å². The molecule has 0 bridgehead atoms. The highest BCUT2D eigenvalue weighted by Crippen LogP contribution is 2.32. The van der Waals surface area contributed by atoms with Crippen molar-refractivity contribution in [1.29, 1.82) is 0 Å². The highest BCUT2D eigenvalue weighted by molar-refractivity contribution is 14.1. The fourth-order valence-corrected chi connectivity index (χ4v) is 2.92. The van der Waals surface area contributed by atoms with Gasteiger partial charge in [0.1, 0.15) is 11.4 Å². The van der Waals surface area contributed by atoms with E-state index in [0.717, 1.165) is 10.9 Å². The molecule has 3 rings (SSSR count). The third-order valence-corrected chi connectivity index (χ3v) is 3.78. The summed E-state index contributed by atoms with van der Waals surface area (Å²) in [4.78, 5) is 15.3. The Morgan fingerprint density at radius 2 is 2.05 bits per heavy atom. The van der Waals surface area contributed by atoms with Gasteiger partial charge in [0.2, 0.25) is 0 Å². The van der Waals surface area contributed by atoms with Gasteiger partial charge in [0.15, 0.2) is 5.75 Å². The molecule has 0 aliphatic rings. The third-order valence-electron chi connectivity index (χ3n) is 3.10. The molecular weight excluding hydrogens is 383 g/mol. The Bertz CT molecular complexity index is 799. The molecule has 0 saturated carbocycles. The summed E-state index contributed by atoms with van der Waals surface area (Å²) >= 11 is 2.14. The number of aromatic carboxylic acids is 1. The number of ether oxygens (including phenoxy) is 1. The van der Waals surface area contributed by atoms with Crippen LogP contribution >= 0.6 is 22.6 Å². The molecule has 1 aromatic carbocycles. The first-order valence-electron chi connectivity index (χ1n) is 6.20. The zero-order valence-corrected chi connectivity index (χ0v) is 13.0. The molecule has 106 valence electrons. The molecule has 5 nitrogen and oxygen atoms in total. The number of benzene rings is 1. The molecule has 21 heavy (non-hydrogen) atoms. The number of para-hydroxylation sites is 1. The molecule has 0 atom stereocenters. The van der Waals surface area contributed by atoms with E-state index in [0.29, 0.717) is 16.1 Å². The predicted molar refractivity (Wildman–Crippen MR) is 87.2 cm³/mol. The van der Waals surface area contributed by atoms with Crippen LogP contribution in [-0.2, 0) is 4.55 Å². The van der Waals surface area contributed by atoms with Crippen molar-refractivity contribution in [2.75, 3.05) is 0 Å². The number of halogens is 1. The van der Waals surface area contributed by atoms with Gasteiger partial charge in [0, 0.05) is 17.8 Å². The average Bonchev–Trinajstić information content (AvgIpc) is 2.88. The van der Waals surface area contributed by atoms with Crippen molar-refractivity contribution < 1.29 is 14.6 Å². The van der Waals surface area contributed by atoms with Crippen molar-refractivity contribution in [1.82, 2.24) is 9.55 Å². The van der Waals surface area contributed by atoms with Crippen molar-refractivity contribution in [2.45, 2.75) is 4.55 Å². The highest BCUT2D eigenvalue weighted by Gasteiger charge is 2.17. The lowest BCUT2D eigenvalue weighted by Gasteiger charge is -2.10. The number of alkyl halides is 1. The topological polar surface area (TPSA) is 64.3 Å². The fraction of sp³-hybridized carbons (Fsp3) is 0.0667. The first-order valence-corrected chi connectivity index (χ1v) is 7.72. The molecule has 0 saturated heterocycles. The van der Waals surface area contributed by atoms with E-state index in [1.807, 2.05) is 18.2 Å². The van der Waals surface area contributed by atoms with Crippen LogP contribution in [0, 0.1) is 0 Å². The number of pyridine rings is 1. The SMILES string of the molecule is O=C(O)c1cc2cccc(Oc3ccncc3)c2n1CI. The van der Waals surface area contributed by atoms with Crippen LogP contribution in [0.2, 0.25) is 0 Å². The normalized spacial score (nSPS) is 10.7. The molecule has 2 heterocycles. The third kappa shape index (κ3) is 2.58. The van der Waals surface area contributed by atoms with Crippen LogP contribution in [0.15, 0.2) is 48.8 Å². The summed E-state index contributed by atoms with van der Waals surface area (Å²) in [6.07, 6.45) is 3.30. The molecule has 2 aromatic heterocycles. The van der Waals surface area contributed by atoms with Crippen LogP contribution in [0.1, 0.15) is 10.5 Å². The molecule has 3 aromatic rings. The standard InChI is InChI=1S/C15H11IN2O3/c16-9-18-12(15(19)20)8-10-2-1-3-13(14(10)18)21-11-4-6-17-7-5-11/h1-8H,9H2,(H,19,20). The van der Waals surface area contributed by atoms with Crippen LogP contribution in [-0.4, -0.2) is 20.6 Å². The number of aromatic nitrogens is 2. The van der Waals surface area contributed by atoms with Gasteiger partial charge in [0.05, 0.1) is 10.1 Å². The number of fused-ring (bicyclic) bond motifs is 1. The van der Waals surface area contributed by atoms with E-state index in [2.05, 4.69) is 27.6 Å². The largest absolute Gasteiger partial charge is 0.477 e. The summed E-state index contributed by atoms with van der Waals surface area (Å²) in [5, 5.41) is 10.1. The van der Waals surface area contributed by atoms with E-state index < -0.39 is 5.97 Å². The Morgan fingerprint density at radius 1 is 1.29 bits per heavy atom. The maximum absolute atomic E-state index is 11.3. The average molecular weight is 394 g/mol. The Balaban J connectivity index is 2.17. The summed E-state index contributed by atoms with van der Waals surface area (Å²) in [6, 6.07) is 10.7. The van der Waals surface area contributed by atoms with Gasteiger partial charge in [-0.3, -0.25) is 4.98 Å². The Morgan fingerprint density at radius 3 is 2.71 bits per heavy atom. The second-order valence-corrected chi connectivity index (χ2v) is 5.04. The first-order chi connectivity index (χ1) is 10.2. The van der Waals surface area contributed by atoms with Crippen molar-refractivity contribution in [3.63, 3.8) is 0 Å². The Hall–Kier alpha value is -2.09. The zero-order valence-electron chi connectivity index (χ0n) is 10.9. The van der Waals surface area contributed by atoms with Gasteiger partial charge < -0.3 is 14.4 Å². The smallest absolute Gasteiger partial charge is 0.352 e. The van der Waals surface area contributed by atoms with Crippen molar-refractivity contribution >= 4 is 39.5 Å². The van der Waals surface area contributed by atoms with Gasteiger partial charge >= 0.3 is 5.97 Å². The van der Waals surface area contributed by atoms with E-state index in [9.17, 15) is 9.90 Å². The number of carboxylic acids is 1. The number of carboxylic acid groups (broad SMARTS) is 1. The number of carbonyl (C=O) groups is 1. The second-order valence-electron chi connectivity index (χ2n) is 4.36. The van der Waals surface area contributed by atoms with E-state index in [-0.39, 0.29) is 5.69 Å². The maximum Gasteiger partial charge on any atom is 0.352 e. The minimum absolute atomic E-state index is 0.255. The molecule has 0 aliphatic carbocycles. The van der Waals surface area contributed by atoms with Crippen LogP contribution in [0.3, 0.4) is 0 Å². The molecule has 1 N–H and O–H groups in total. The molecule has 0 radical (unpaired) electrons. The van der Waals surface area contributed by atoms with Crippen molar-refractivity contribution in [2.24, 2.45) is 0 Å². The van der Waals surface area contributed by atoms with Gasteiger partial charge in [-0.1, -0.05) is 34.7 Å². The van der Waals surface area contributed by atoms with E-state index in [1.165, 1.54) is 0 Å². The predicted octanol–water partition coefficient (Wildman–Crippen LogP) is 3.92. The van der Waals surface area contributed by atoms with Crippen molar-refractivity contribution in [3.8, 4) is 11.5 Å². The highest BCUT2D eigenvalue weighted by atomic mass is 127. The van der Waals surface area contributed by atoms with Gasteiger partial charge in [-0.15, -0.1) is 0 Å². The molecule has 0 amide bonds. The number of hydrogen-bond donors (Lipinski definition) is 1. The molecule has 0 spiro atoms. The summed E-state index contributed by atoms with van der Waals surface area (Å²) in [5.41, 5.74) is 1.03. The zero-order chi connectivity index (χ0) is 14.8. The molecule has 0 unspecified atom stereocenters. The molecule has 6 heteroatoms. The lowest BCUT2D eigenvalue weighted by Crippen LogP contribution is -2.06. The minimum atomic E-state index is -0.947. The summed E-state index contributed by atoms with van der Waals surface area (Å²) in [6.45, 7) is 0. The minimum Gasteiger partial charge on any atom is -0.477 e. The maximum atomic E-state index is 11.3. The summed E-state index contributed by atoms with van der Waals surface area (Å²) in [7, 11) is 0. The van der Waals surface area contributed by atoms with Crippen LogP contribution < -0.4 is 4.74 Å². The molecule has 0 fully saturated rings. The lowest BCUT2D eigenvalue weighted by atomic mass is 10.2. The van der Waals surface area contributed by atoms with E-state index in [4.69, 9.17) is 4.74 Å². The van der Waals surface area contributed by atoms with Crippen LogP contribution in [0.5, 0.6) is 11.5 Å². The van der Waals surface area contributed by atoms with Crippen molar-refractivity contribution in [3.05, 3.63) is 54.5 Å². The molecular formula is C15H11IN2O3. The molecule has 0 aliphatic heterocycles. The second kappa shape index (κ2) is 5.72. The quantitative estimate of drug-likeness (QED) is 0.538. The van der Waals surface area contributed by atoms with Crippen LogP contribution in [0.4, 0.5) is 0 Å². The Kier molecular flexibility index (Phi) is 3.78. The number of hydrogen-bond acceptors (Lipinski definition) is 3. The summed E-state index contributed by atoms with van der Waals surface area (Å²) in [5.74, 6) is 0.344. The van der Waals surface area contributed by atoms with Crippen LogP contribution in [0.25, 0.3) is 10.9 Å². The fourth-order valence-electron chi connectivity index (χ4n) is 2.21. The van der Waals surface area contributed by atoms with E-state index >= 15 is 0 Å². The van der Waals surface area contributed by atoms with E-state index in [1.54, 1.807) is 35.2 Å². The number of nitrogens with zero attached hydrogens (tertiary/aromatic N) is 2. The monoisotopic (exact) mass is 394 g/mol. The summed E-state index contributed by atoms with van der Waals surface area (Å²) < 4.78 is 8.13.